The lowest BCUT2D eigenvalue weighted by molar-refractivity contribution is -0.137. The molecule has 0 saturated carbocycles. The third-order valence-corrected chi connectivity index (χ3v) is 7.68. The number of carbonyl (C=O) groups excluding carboxylic acids is 1. The summed E-state index contributed by atoms with van der Waals surface area (Å²) >= 11 is 0. The Kier molecular flexibility index (Phi) is 6.38. The van der Waals surface area contributed by atoms with Gasteiger partial charge in [-0.3, -0.25) is 4.31 Å². The van der Waals surface area contributed by atoms with Crippen molar-refractivity contribution in [3.63, 3.8) is 0 Å². The van der Waals surface area contributed by atoms with Gasteiger partial charge in [-0.2, -0.15) is 0 Å². The van der Waals surface area contributed by atoms with Crippen LogP contribution in [0.15, 0.2) is 83.8 Å². The highest BCUT2D eigenvalue weighted by atomic mass is 32.2. The smallest absolute Gasteiger partial charge is 0.330 e. The molecular weight excluding hydrogens is 434 g/mol. The summed E-state index contributed by atoms with van der Waals surface area (Å²) in [5.74, 6) is -0.493. The van der Waals surface area contributed by atoms with Gasteiger partial charge < -0.3 is 4.74 Å². The number of carbonyl (C=O) groups is 1. The molecule has 1 atom stereocenters. The molecule has 1 unspecified atom stereocenters. The normalized spacial score (nSPS) is 15.6. The van der Waals surface area contributed by atoms with E-state index >= 15 is 0 Å². The van der Waals surface area contributed by atoms with Crippen molar-refractivity contribution in [1.82, 2.24) is 0 Å². The fourth-order valence-corrected chi connectivity index (χ4v) is 5.89. The number of aryl methyl sites for hydroxylation is 2. The number of anilines is 1. The quantitative estimate of drug-likeness (QED) is 0.387. The summed E-state index contributed by atoms with van der Waals surface area (Å²) in [6.45, 7) is 5.90. The highest BCUT2D eigenvalue weighted by Crippen LogP contribution is 2.43. The molecule has 0 fully saturated rings. The minimum atomic E-state index is -3.93. The van der Waals surface area contributed by atoms with Crippen molar-refractivity contribution >= 4 is 21.7 Å². The van der Waals surface area contributed by atoms with Gasteiger partial charge in [0.1, 0.15) is 0 Å². The van der Waals surface area contributed by atoms with Crippen molar-refractivity contribution in [2.45, 2.75) is 38.1 Å². The molecule has 5 nitrogen and oxygen atoms in total. The zero-order valence-corrected chi connectivity index (χ0v) is 19.8. The maximum absolute atomic E-state index is 14.0. The molecule has 0 amide bonds. The number of esters is 1. The van der Waals surface area contributed by atoms with Crippen LogP contribution in [0.5, 0.6) is 0 Å². The molecule has 6 heteroatoms. The van der Waals surface area contributed by atoms with Gasteiger partial charge in [0.15, 0.2) is 0 Å². The first kappa shape index (κ1) is 22.8. The number of hydrogen-bond donors (Lipinski definition) is 0. The maximum Gasteiger partial charge on any atom is 0.330 e. The van der Waals surface area contributed by atoms with Crippen LogP contribution in [-0.2, 0) is 26.0 Å². The lowest BCUT2D eigenvalue weighted by atomic mass is 9.94. The Labute approximate surface area is 195 Å². The fourth-order valence-electron chi connectivity index (χ4n) is 4.27. The van der Waals surface area contributed by atoms with Gasteiger partial charge in [0, 0.05) is 11.6 Å². The summed E-state index contributed by atoms with van der Waals surface area (Å²) in [6.07, 6.45) is 3.39. The zero-order chi connectivity index (χ0) is 23.6. The third-order valence-electron chi connectivity index (χ3n) is 5.82. The van der Waals surface area contributed by atoms with E-state index in [1.54, 1.807) is 37.3 Å². The Hall–Kier alpha value is -3.38. The summed E-state index contributed by atoms with van der Waals surface area (Å²) in [6, 6.07) is 19.9. The van der Waals surface area contributed by atoms with Crippen molar-refractivity contribution in [3.05, 3.63) is 95.6 Å². The van der Waals surface area contributed by atoms with E-state index in [1.165, 1.54) is 10.4 Å². The van der Waals surface area contributed by atoms with Crippen molar-refractivity contribution in [1.29, 1.82) is 0 Å². The minimum absolute atomic E-state index is 0.209. The van der Waals surface area contributed by atoms with E-state index in [0.29, 0.717) is 12.1 Å². The number of hydrogen-bond acceptors (Lipinski definition) is 4. The molecule has 4 rings (SSSR count). The van der Waals surface area contributed by atoms with E-state index < -0.39 is 22.0 Å². The SMILES string of the molecule is CCOC(=O)/C=C/C1Cc2ccccc2-c2c(C)cccc2N1S(=O)(=O)c1ccc(C)cc1. The van der Waals surface area contributed by atoms with Crippen LogP contribution < -0.4 is 4.31 Å². The molecular formula is C27H27NO4S. The first-order chi connectivity index (χ1) is 15.8. The largest absolute Gasteiger partial charge is 0.463 e. The molecule has 0 saturated heterocycles. The van der Waals surface area contributed by atoms with Gasteiger partial charge in [0.05, 0.1) is 23.2 Å². The number of nitrogens with zero attached hydrogens (tertiary/aromatic N) is 1. The first-order valence-corrected chi connectivity index (χ1v) is 12.4. The highest BCUT2D eigenvalue weighted by molar-refractivity contribution is 7.92. The van der Waals surface area contributed by atoms with Gasteiger partial charge in [-0.1, -0.05) is 60.2 Å². The van der Waals surface area contributed by atoms with E-state index in [0.717, 1.165) is 27.8 Å². The summed E-state index contributed by atoms with van der Waals surface area (Å²) in [5, 5.41) is 0. The molecule has 3 aromatic carbocycles. The minimum Gasteiger partial charge on any atom is -0.463 e. The average molecular weight is 462 g/mol. The topological polar surface area (TPSA) is 63.7 Å². The zero-order valence-electron chi connectivity index (χ0n) is 19.0. The molecule has 0 spiro atoms. The molecule has 0 bridgehead atoms. The van der Waals surface area contributed by atoms with Crippen LogP contribution in [0, 0.1) is 13.8 Å². The van der Waals surface area contributed by atoms with Gasteiger partial charge >= 0.3 is 5.97 Å². The van der Waals surface area contributed by atoms with Gasteiger partial charge in [-0.25, -0.2) is 13.2 Å². The Morgan fingerprint density at radius 1 is 1.03 bits per heavy atom. The van der Waals surface area contributed by atoms with E-state index in [9.17, 15) is 13.2 Å². The molecule has 0 aliphatic carbocycles. The molecule has 170 valence electrons. The van der Waals surface area contributed by atoms with E-state index in [4.69, 9.17) is 4.74 Å². The second-order valence-corrected chi connectivity index (χ2v) is 9.94. The van der Waals surface area contributed by atoms with Crippen molar-refractivity contribution in [3.8, 4) is 11.1 Å². The number of sulfonamides is 1. The predicted molar refractivity (Wildman–Crippen MR) is 131 cm³/mol. The van der Waals surface area contributed by atoms with Gasteiger partial charge in [0.2, 0.25) is 0 Å². The van der Waals surface area contributed by atoms with E-state index in [-0.39, 0.29) is 11.5 Å². The number of ether oxygens (including phenoxy) is 1. The van der Waals surface area contributed by atoms with Crippen molar-refractivity contribution < 1.29 is 17.9 Å². The van der Waals surface area contributed by atoms with Crippen LogP contribution >= 0.6 is 0 Å². The molecule has 3 aromatic rings. The van der Waals surface area contributed by atoms with Gasteiger partial charge in [-0.05, 0) is 62.1 Å². The second kappa shape index (κ2) is 9.24. The Bertz CT molecular complexity index is 1310. The second-order valence-electron chi connectivity index (χ2n) is 8.12. The molecule has 33 heavy (non-hydrogen) atoms. The predicted octanol–water partition coefficient (Wildman–Crippen LogP) is 5.21. The van der Waals surface area contributed by atoms with Crippen LogP contribution in [0.2, 0.25) is 0 Å². The summed E-state index contributed by atoms with van der Waals surface area (Å²) < 4.78 is 34.6. The highest BCUT2D eigenvalue weighted by Gasteiger charge is 2.35. The van der Waals surface area contributed by atoms with Crippen LogP contribution in [0.1, 0.15) is 23.6 Å². The molecule has 1 heterocycles. The summed E-state index contributed by atoms with van der Waals surface area (Å²) in [4.78, 5) is 12.3. The van der Waals surface area contributed by atoms with Crippen LogP contribution in [0.25, 0.3) is 11.1 Å². The molecule has 1 aliphatic heterocycles. The van der Waals surface area contributed by atoms with Crippen LogP contribution in [-0.4, -0.2) is 27.0 Å². The summed E-state index contributed by atoms with van der Waals surface area (Å²) in [7, 11) is -3.93. The Morgan fingerprint density at radius 2 is 1.76 bits per heavy atom. The van der Waals surface area contributed by atoms with E-state index in [2.05, 4.69) is 0 Å². The van der Waals surface area contributed by atoms with E-state index in [1.807, 2.05) is 56.3 Å². The van der Waals surface area contributed by atoms with Crippen LogP contribution in [0.3, 0.4) is 0 Å². The Morgan fingerprint density at radius 3 is 2.48 bits per heavy atom. The monoisotopic (exact) mass is 461 g/mol. The molecule has 0 N–H and O–H groups in total. The average Bonchev–Trinajstić information content (AvgIpc) is 2.93. The van der Waals surface area contributed by atoms with Gasteiger partial charge in [0.25, 0.3) is 10.0 Å². The number of benzene rings is 3. The number of rotatable bonds is 5. The lowest BCUT2D eigenvalue weighted by Gasteiger charge is -2.31. The van der Waals surface area contributed by atoms with Crippen molar-refractivity contribution in [2.75, 3.05) is 10.9 Å². The summed E-state index contributed by atoms with van der Waals surface area (Å²) in [5.41, 5.74) is 5.47. The fraction of sp³-hybridized carbons (Fsp3) is 0.222. The first-order valence-electron chi connectivity index (χ1n) is 11.0. The number of fused-ring (bicyclic) bond motifs is 3. The van der Waals surface area contributed by atoms with Gasteiger partial charge in [-0.15, -0.1) is 0 Å². The third kappa shape index (κ3) is 4.44. The lowest BCUT2D eigenvalue weighted by Crippen LogP contribution is -2.40. The maximum atomic E-state index is 14.0. The Balaban J connectivity index is 1.96. The van der Waals surface area contributed by atoms with Crippen LogP contribution in [0.4, 0.5) is 5.69 Å². The molecule has 0 aromatic heterocycles. The molecule has 1 aliphatic rings. The molecule has 0 radical (unpaired) electrons. The standard InChI is InChI=1S/C27H27NO4S/c1-4-32-26(29)17-14-22-18-21-9-5-6-10-24(21)27-20(3)8-7-11-25(27)28(22)33(30,31)23-15-12-19(2)13-16-23/h5-17,22H,4,18H2,1-3H3/b17-14+. The van der Waals surface area contributed by atoms with Crippen molar-refractivity contribution in [2.24, 2.45) is 0 Å².